The molecule has 1 atom stereocenters. The van der Waals surface area contributed by atoms with Crippen molar-refractivity contribution in [2.75, 3.05) is 19.8 Å². The topological polar surface area (TPSA) is 84.6 Å². The first kappa shape index (κ1) is 16.3. The van der Waals surface area contributed by atoms with Crippen molar-refractivity contribution in [2.45, 2.75) is 18.9 Å². The molecule has 0 saturated carbocycles. The Labute approximate surface area is 115 Å². The number of amides is 1. The van der Waals surface area contributed by atoms with Crippen LogP contribution in [-0.2, 0) is 16.0 Å². The molecule has 1 aromatic rings. The number of benzene rings is 1. The Morgan fingerprint density at radius 1 is 1.35 bits per heavy atom. The second-order valence-electron chi connectivity index (χ2n) is 4.23. The molecule has 0 aromatic heterocycles. The molecule has 0 heterocycles. The van der Waals surface area contributed by atoms with Crippen molar-refractivity contribution >= 4 is 5.91 Å². The maximum absolute atomic E-state index is 11.8. The molecule has 1 amide bonds. The molecule has 0 aliphatic rings. The smallest absolute Gasteiger partial charge is 0.261 e. The fourth-order valence-corrected chi connectivity index (χ4v) is 1.53. The zero-order valence-electron chi connectivity index (χ0n) is 10.9. The summed E-state index contributed by atoms with van der Waals surface area (Å²) >= 11 is 0. The van der Waals surface area contributed by atoms with Gasteiger partial charge in [0.15, 0.2) is 0 Å². The molecule has 0 saturated heterocycles. The molecule has 0 fully saturated rings. The van der Waals surface area contributed by atoms with Gasteiger partial charge >= 0.3 is 0 Å². The first-order chi connectivity index (χ1) is 9.49. The van der Waals surface area contributed by atoms with E-state index < -0.39 is 19.1 Å². The minimum Gasteiger partial charge on any atom is -0.508 e. The van der Waals surface area contributed by atoms with Crippen molar-refractivity contribution in [1.29, 1.82) is 0 Å². The zero-order valence-corrected chi connectivity index (χ0v) is 10.9. The number of nitrogens with two attached hydrogens (primary N) is 1. The minimum absolute atomic E-state index is 0.0159. The lowest BCUT2D eigenvalue weighted by Gasteiger charge is -2.12. The summed E-state index contributed by atoms with van der Waals surface area (Å²) in [6.45, 7) is -0.494. The summed E-state index contributed by atoms with van der Waals surface area (Å²) in [6, 6.07) is 5.63. The zero-order chi connectivity index (χ0) is 15.0. The third-order valence-corrected chi connectivity index (χ3v) is 2.52. The summed E-state index contributed by atoms with van der Waals surface area (Å²) in [6.07, 6.45) is -2.19. The van der Waals surface area contributed by atoms with Crippen LogP contribution in [0, 0.1) is 0 Å². The number of phenolic OH excluding ortho intramolecular Hbond substituents is 1. The molecule has 20 heavy (non-hydrogen) atoms. The molecular formula is C13H18F2N2O3. The van der Waals surface area contributed by atoms with Crippen molar-refractivity contribution in [3.8, 4) is 5.75 Å². The minimum atomic E-state index is -2.51. The molecule has 0 aliphatic carbocycles. The van der Waals surface area contributed by atoms with E-state index in [1.54, 1.807) is 12.1 Å². The normalized spacial score (nSPS) is 12.4. The summed E-state index contributed by atoms with van der Waals surface area (Å²) in [5.74, 6) is -0.235. The monoisotopic (exact) mass is 288 g/mol. The molecule has 1 aromatic carbocycles. The summed E-state index contributed by atoms with van der Waals surface area (Å²) < 4.78 is 28.2. The van der Waals surface area contributed by atoms with Gasteiger partial charge in [-0.25, -0.2) is 8.78 Å². The lowest BCUT2D eigenvalue weighted by atomic mass is 10.1. The van der Waals surface area contributed by atoms with Crippen LogP contribution >= 0.6 is 0 Å². The Morgan fingerprint density at radius 2 is 2.00 bits per heavy atom. The summed E-state index contributed by atoms with van der Waals surface area (Å²) in [4.78, 5) is 11.6. The van der Waals surface area contributed by atoms with E-state index in [9.17, 15) is 13.6 Å². The van der Waals surface area contributed by atoms with Gasteiger partial charge < -0.3 is 20.9 Å². The van der Waals surface area contributed by atoms with E-state index >= 15 is 0 Å². The Kier molecular flexibility index (Phi) is 6.89. The van der Waals surface area contributed by atoms with Crippen molar-refractivity contribution in [3.05, 3.63) is 29.8 Å². The van der Waals surface area contributed by atoms with Gasteiger partial charge in [0.2, 0.25) is 5.91 Å². The number of phenols is 1. The van der Waals surface area contributed by atoms with Gasteiger partial charge in [-0.15, -0.1) is 0 Å². The lowest BCUT2D eigenvalue weighted by molar-refractivity contribution is -0.122. The molecule has 0 unspecified atom stereocenters. The van der Waals surface area contributed by atoms with Crippen molar-refractivity contribution in [3.63, 3.8) is 0 Å². The highest BCUT2D eigenvalue weighted by Gasteiger charge is 2.13. The van der Waals surface area contributed by atoms with Gasteiger partial charge in [-0.05, 0) is 24.1 Å². The predicted octanol–water partition coefficient (Wildman–Crippen LogP) is 0.660. The summed E-state index contributed by atoms with van der Waals surface area (Å²) in [5.41, 5.74) is 6.53. The van der Waals surface area contributed by atoms with Gasteiger partial charge in [0.1, 0.15) is 12.4 Å². The number of nitrogens with one attached hydrogen (secondary N) is 1. The SMILES string of the molecule is N[C@H](Cc1ccc(O)cc1)C(=O)NCCOCC(F)F. The number of alkyl halides is 2. The number of ether oxygens (including phenoxy) is 1. The van der Waals surface area contributed by atoms with Crippen LogP contribution in [0.4, 0.5) is 8.78 Å². The Bertz CT molecular complexity index is 413. The van der Waals surface area contributed by atoms with Crippen LogP contribution in [0.2, 0.25) is 0 Å². The van der Waals surface area contributed by atoms with Crippen LogP contribution in [0.5, 0.6) is 5.75 Å². The number of aromatic hydroxyl groups is 1. The standard InChI is InChI=1S/C13H18F2N2O3/c14-12(15)8-20-6-5-17-13(19)11(16)7-9-1-3-10(18)4-2-9/h1-4,11-12,18H,5-8,16H2,(H,17,19)/t11-/m1/s1. The molecule has 7 heteroatoms. The molecule has 0 bridgehead atoms. The van der Waals surface area contributed by atoms with Crippen molar-refractivity contribution < 1.29 is 23.4 Å². The van der Waals surface area contributed by atoms with E-state index in [1.165, 1.54) is 12.1 Å². The Balaban J connectivity index is 2.23. The summed E-state index contributed by atoms with van der Waals surface area (Å²) in [5, 5.41) is 11.6. The Morgan fingerprint density at radius 3 is 2.60 bits per heavy atom. The third-order valence-electron chi connectivity index (χ3n) is 2.52. The summed E-state index contributed by atoms with van der Waals surface area (Å²) in [7, 11) is 0. The largest absolute Gasteiger partial charge is 0.508 e. The van der Waals surface area contributed by atoms with E-state index in [2.05, 4.69) is 10.1 Å². The maximum atomic E-state index is 11.8. The first-order valence-corrected chi connectivity index (χ1v) is 6.16. The van der Waals surface area contributed by atoms with Gasteiger partial charge in [-0.3, -0.25) is 4.79 Å². The number of hydrogen-bond donors (Lipinski definition) is 3. The number of halogens is 2. The number of rotatable bonds is 8. The molecule has 1 rings (SSSR count). The van der Waals surface area contributed by atoms with Gasteiger partial charge in [0.25, 0.3) is 6.43 Å². The maximum Gasteiger partial charge on any atom is 0.261 e. The fourth-order valence-electron chi connectivity index (χ4n) is 1.53. The van der Waals surface area contributed by atoms with Crippen LogP contribution in [0.3, 0.4) is 0 Å². The van der Waals surface area contributed by atoms with E-state index in [4.69, 9.17) is 10.8 Å². The van der Waals surface area contributed by atoms with Gasteiger partial charge in [-0.1, -0.05) is 12.1 Å². The van der Waals surface area contributed by atoms with E-state index in [-0.39, 0.29) is 24.8 Å². The van der Waals surface area contributed by atoms with E-state index in [0.29, 0.717) is 6.42 Å². The molecule has 112 valence electrons. The number of hydrogen-bond acceptors (Lipinski definition) is 4. The molecule has 0 spiro atoms. The quantitative estimate of drug-likeness (QED) is 0.614. The lowest BCUT2D eigenvalue weighted by Crippen LogP contribution is -2.43. The average molecular weight is 288 g/mol. The highest BCUT2D eigenvalue weighted by Crippen LogP contribution is 2.10. The number of carbonyl (C=O) groups is 1. The van der Waals surface area contributed by atoms with Crippen LogP contribution in [0.25, 0.3) is 0 Å². The average Bonchev–Trinajstić information content (AvgIpc) is 2.40. The highest BCUT2D eigenvalue weighted by molar-refractivity contribution is 5.81. The van der Waals surface area contributed by atoms with Crippen molar-refractivity contribution in [2.24, 2.45) is 5.73 Å². The Hall–Kier alpha value is -1.73. The molecule has 0 radical (unpaired) electrons. The number of carbonyl (C=O) groups excluding carboxylic acids is 1. The van der Waals surface area contributed by atoms with Crippen molar-refractivity contribution in [1.82, 2.24) is 5.32 Å². The third kappa shape index (κ3) is 6.44. The van der Waals surface area contributed by atoms with E-state index in [1.807, 2.05) is 0 Å². The highest BCUT2D eigenvalue weighted by atomic mass is 19.3. The first-order valence-electron chi connectivity index (χ1n) is 6.16. The molecular weight excluding hydrogens is 270 g/mol. The van der Waals surface area contributed by atoms with Gasteiger partial charge in [0, 0.05) is 6.54 Å². The second-order valence-corrected chi connectivity index (χ2v) is 4.23. The van der Waals surface area contributed by atoms with Crippen LogP contribution < -0.4 is 11.1 Å². The van der Waals surface area contributed by atoms with Crippen LogP contribution in [0.1, 0.15) is 5.56 Å². The predicted molar refractivity (Wildman–Crippen MR) is 69.6 cm³/mol. The second kappa shape index (κ2) is 8.44. The van der Waals surface area contributed by atoms with Crippen LogP contribution in [-0.4, -0.2) is 43.2 Å². The van der Waals surface area contributed by atoms with Gasteiger partial charge in [-0.2, -0.15) is 0 Å². The molecule has 0 aliphatic heterocycles. The van der Waals surface area contributed by atoms with Crippen LogP contribution in [0.15, 0.2) is 24.3 Å². The fraction of sp³-hybridized carbons (Fsp3) is 0.462. The molecule has 4 N–H and O–H groups in total. The van der Waals surface area contributed by atoms with E-state index in [0.717, 1.165) is 5.56 Å². The molecule has 5 nitrogen and oxygen atoms in total. The van der Waals surface area contributed by atoms with Gasteiger partial charge in [0.05, 0.1) is 12.6 Å².